The van der Waals surface area contributed by atoms with Crippen LogP contribution < -0.4 is 4.90 Å². The normalized spacial score (nSPS) is 26.7. The van der Waals surface area contributed by atoms with Gasteiger partial charge in [-0.2, -0.15) is 0 Å². The summed E-state index contributed by atoms with van der Waals surface area (Å²) in [7, 11) is 0. The maximum atomic E-state index is 12.9. The standard InChI is InChI=1S/C16H21FN4O2/c17-13-6-18-15(19-7-13)21-10-16(11-21)4-3-12(9-23-16)8-20-5-1-2-14(20)22/h6-7,12H,1-5,8-11H2. The lowest BCUT2D eigenvalue weighted by atomic mass is 9.83. The third kappa shape index (κ3) is 2.89. The molecule has 3 aliphatic heterocycles. The van der Waals surface area contributed by atoms with Gasteiger partial charge in [0.05, 0.1) is 32.1 Å². The molecule has 0 aromatic carbocycles. The van der Waals surface area contributed by atoms with Crippen LogP contribution in [0.3, 0.4) is 0 Å². The van der Waals surface area contributed by atoms with Crippen LogP contribution in [0.4, 0.5) is 10.3 Å². The molecule has 1 unspecified atom stereocenters. The van der Waals surface area contributed by atoms with Crippen LogP contribution in [0.25, 0.3) is 0 Å². The smallest absolute Gasteiger partial charge is 0.225 e. The number of hydrogen-bond donors (Lipinski definition) is 0. The van der Waals surface area contributed by atoms with E-state index >= 15 is 0 Å². The number of aromatic nitrogens is 2. The van der Waals surface area contributed by atoms with Crippen molar-refractivity contribution in [2.75, 3.05) is 37.7 Å². The molecule has 0 radical (unpaired) electrons. The van der Waals surface area contributed by atoms with Crippen molar-refractivity contribution in [2.45, 2.75) is 31.3 Å². The lowest BCUT2D eigenvalue weighted by molar-refractivity contribution is -0.134. The first-order valence-electron chi connectivity index (χ1n) is 8.28. The molecule has 3 aliphatic rings. The van der Waals surface area contributed by atoms with E-state index in [4.69, 9.17) is 4.74 Å². The van der Waals surface area contributed by atoms with Crippen LogP contribution in [-0.2, 0) is 9.53 Å². The fourth-order valence-corrected chi connectivity index (χ4v) is 3.78. The molecular formula is C16H21FN4O2. The number of halogens is 1. The fraction of sp³-hybridized carbons (Fsp3) is 0.688. The van der Waals surface area contributed by atoms with E-state index in [2.05, 4.69) is 9.97 Å². The van der Waals surface area contributed by atoms with Crippen molar-refractivity contribution in [3.8, 4) is 0 Å². The summed E-state index contributed by atoms with van der Waals surface area (Å²) < 4.78 is 19.0. The minimum absolute atomic E-state index is 0.108. The van der Waals surface area contributed by atoms with Gasteiger partial charge < -0.3 is 14.5 Å². The van der Waals surface area contributed by atoms with Gasteiger partial charge in [0, 0.05) is 25.4 Å². The molecule has 0 saturated carbocycles. The molecule has 23 heavy (non-hydrogen) atoms. The Hall–Kier alpha value is -1.76. The number of anilines is 1. The van der Waals surface area contributed by atoms with Gasteiger partial charge in [0.15, 0.2) is 5.82 Å². The summed E-state index contributed by atoms with van der Waals surface area (Å²) in [4.78, 5) is 23.7. The molecule has 1 aromatic heterocycles. The van der Waals surface area contributed by atoms with Crippen LogP contribution in [0, 0.1) is 11.7 Å². The summed E-state index contributed by atoms with van der Waals surface area (Å²) >= 11 is 0. The molecule has 1 spiro atoms. The lowest BCUT2D eigenvalue weighted by Gasteiger charge is -2.52. The SMILES string of the molecule is O=C1CCCN1CC1CCC2(CN(c3ncc(F)cn3)C2)OC1. The number of carbonyl (C=O) groups excluding carboxylic acids is 1. The van der Waals surface area contributed by atoms with Crippen molar-refractivity contribution in [1.29, 1.82) is 0 Å². The Balaban J connectivity index is 1.27. The van der Waals surface area contributed by atoms with Gasteiger partial charge in [-0.1, -0.05) is 0 Å². The number of nitrogens with zero attached hydrogens (tertiary/aromatic N) is 4. The second kappa shape index (κ2) is 5.70. The van der Waals surface area contributed by atoms with Gasteiger partial charge in [-0.25, -0.2) is 14.4 Å². The van der Waals surface area contributed by atoms with Crippen molar-refractivity contribution < 1.29 is 13.9 Å². The molecule has 4 rings (SSSR count). The molecular weight excluding hydrogens is 299 g/mol. The third-order valence-corrected chi connectivity index (χ3v) is 5.13. The molecule has 0 aliphatic carbocycles. The molecule has 124 valence electrons. The molecule has 0 bridgehead atoms. The number of hydrogen-bond acceptors (Lipinski definition) is 5. The van der Waals surface area contributed by atoms with Crippen LogP contribution >= 0.6 is 0 Å². The molecule has 1 atom stereocenters. The largest absolute Gasteiger partial charge is 0.371 e. The molecule has 4 heterocycles. The van der Waals surface area contributed by atoms with Gasteiger partial charge in [0.1, 0.15) is 5.60 Å². The number of rotatable bonds is 3. The number of carbonyl (C=O) groups is 1. The summed E-state index contributed by atoms with van der Waals surface area (Å²) in [6, 6.07) is 0. The zero-order valence-electron chi connectivity index (χ0n) is 13.1. The molecule has 1 aromatic rings. The minimum atomic E-state index is -0.419. The van der Waals surface area contributed by atoms with Crippen molar-refractivity contribution in [3.05, 3.63) is 18.2 Å². The van der Waals surface area contributed by atoms with Gasteiger partial charge >= 0.3 is 0 Å². The highest BCUT2D eigenvalue weighted by molar-refractivity contribution is 5.78. The first kappa shape index (κ1) is 14.8. The van der Waals surface area contributed by atoms with E-state index in [-0.39, 0.29) is 11.5 Å². The Morgan fingerprint density at radius 3 is 2.74 bits per heavy atom. The zero-order valence-corrected chi connectivity index (χ0v) is 13.1. The predicted molar refractivity (Wildman–Crippen MR) is 81.4 cm³/mol. The Morgan fingerprint density at radius 2 is 2.13 bits per heavy atom. The van der Waals surface area contributed by atoms with Gasteiger partial charge in [0.25, 0.3) is 0 Å². The van der Waals surface area contributed by atoms with Gasteiger partial charge in [-0.3, -0.25) is 4.79 Å². The Bertz CT molecular complexity index is 578. The van der Waals surface area contributed by atoms with E-state index in [0.717, 1.165) is 45.4 Å². The highest BCUT2D eigenvalue weighted by atomic mass is 19.1. The highest BCUT2D eigenvalue weighted by Gasteiger charge is 2.47. The molecule has 0 N–H and O–H groups in total. The second-order valence-corrected chi connectivity index (χ2v) is 6.90. The Morgan fingerprint density at radius 1 is 1.35 bits per heavy atom. The van der Waals surface area contributed by atoms with E-state index in [0.29, 0.717) is 24.9 Å². The number of amides is 1. The van der Waals surface area contributed by atoms with Crippen molar-refractivity contribution in [3.63, 3.8) is 0 Å². The summed E-state index contributed by atoms with van der Waals surface area (Å²) in [5, 5.41) is 0. The van der Waals surface area contributed by atoms with Crippen LogP contribution in [0.2, 0.25) is 0 Å². The quantitative estimate of drug-likeness (QED) is 0.838. The van der Waals surface area contributed by atoms with Crippen LogP contribution in [0.15, 0.2) is 12.4 Å². The molecule has 3 saturated heterocycles. The third-order valence-electron chi connectivity index (χ3n) is 5.13. The molecule has 3 fully saturated rings. The fourth-order valence-electron chi connectivity index (χ4n) is 3.78. The highest BCUT2D eigenvalue weighted by Crippen LogP contribution is 2.37. The minimum Gasteiger partial charge on any atom is -0.371 e. The number of likely N-dealkylation sites (tertiary alicyclic amines) is 1. The van der Waals surface area contributed by atoms with E-state index in [1.54, 1.807) is 0 Å². The van der Waals surface area contributed by atoms with E-state index in [9.17, 15) is 9.18 Å². The van der Waals surface area contributed by atoms with Crippen molar-refractivity contribution in [2.24, 2.45) is 5.92 Å². The van der Waals surface area contributed by atoms with Crippen LogP contribution in [0.5, 0.6) is 0 Å². The van der Waals surface area contributed by atoms with Crippen molar-refractivity contribution >= 4 is 11.9 Å². The maximum Gasteiger partial charge on any atom is 0.225 e. The summed E-state index contributed by atoms with van der Waals surface area (Å²) in [6.45, 7) is 3.96. The second-order valence-electron chi connectivity index (χ2n) is 6.90. The maximum absolute atomic E-state index is 12.9. The summed E-state index contributed by atoms with van der Waals surface area (Å²) in [5.74, 6) is 0.870. The topological polar surface area (TPSA) is 58.6 Å². The van der Waals surface area contributed by atoms with Crippen LogP contribution in [-0.4, -0.2) is 59.2 Å². The summed E-state index contributed by atoms with van der Waals surface area (Å²) in [6.07, 6.45) is 6.16. The number of ether oxygens (including phenoxy) is 1. The monoisotopic (exact) mass is 320 g/mol. The summed E-state index contributed by atoms with van der Waals surface area (Å²) in [5.41, 5.74) is -0.108. The average Bonchev–Trinajstić information content (AvgIpc) is 2.92. The Labute approximate surface area is 134 Å². The molecule has 1 amide bonds. The van der Waals surface area contributed by atoms with E-state index in [1.165, 1.54) is 12.4 Å². The van der Waals surface area contributed by atoms with Gasteiger partial charge in [0.2, 0.25) is 11.9 Å². The van der Waals surface area contributed by atoms with E-state index < -0.39 is 5.82 Å². The van der Waals surface area contributed by atoms with E-state index in [1.807, 2.05) is 9.80 Å². The van der Waals surface area contributed by atoms with Crippen molar-refractivity contribution in [1.82, 2.24) is 14.9 Å². The van der Waals surface area contributed by atoms with Gasteiger partial charge in [-0.15, -0.1) is 0 Å². The first-order chi connectivity index (χ1) is 11.1. The molecule has 6 nitrogen and oxygen atoms in total. The first-order valence-corrected chi connectivity index (χ1v) is 8.28. The zero-order chi connectivity index (χ0) is 15.9. The van der Waals surface area contributed by atoms with Crippen LogP contribution in [0.1, 0.15) is 25.7 Å². The van der Waals surface area contributed by atoms with Gasteiger partial charge in [-0.05, 0) is 19.3 Å². The lowest BCUT2D eigenvalue weighted by Crippen LogP contribution is -2.65. The molecule has 7 heteroatoms. The predicted octanol–water partition coefficient (Wildman–Crippen LogP) is 1.22. The average molecular weight is 320 g/mol. The Kier molecular flexibility index (Phi) is 3.67.